The summed E-state index contributed by atoms with van der Waals surface area (Å²) in [5, 5.41) is 0. The molecule has 0 aromatic heterocycles. The van der Waals surface area contributed by atoms with Crippen molar-refractivity contribution in [3.05, 3.63) is 35.4 Å². The van der Waals surface area contributed by atoms with Crippen LogP contribution in [0, 0.1) is 0 Å². The van der Waals surface area contributed by atoms with Gasteiger partial charge in [-0.05, 0) is 17.5 Å². The van der Waals surface area contributed by atoms with E-state index in [1.54, 1.807) is 0 Å². The summed E-state index contributed by atoms with van der Waals surface area (Å²) in [7, 11) is 1.48. The smallest absolute Gasteiger partial charge is 0.335 e. The molecule has 7 heteroatoms. The van der Waals surface area contributed by atoms with Gasteiger partial charge in [-0.3, -0.25) is 19.4 Å². The van der Waals surface area contributed by atoms with Gasteiger partial charge in [0.15, 0.2) is 0 Å². The van der Waals surface area contributed by atoms with Crippen LogP contribution in [0.3, 0.4) is 0 Å². The molecular formula is C16H19N3O4. The summed E-state index contributed by atoms with van der Waals surface area (Å²) >= 11 is 0. The third-order valence-electron chi connectivity index (χ3n) is 4.21. The highest BCUT2D eigenvalue weighted by atomic mass is 16.5. The van der Waals surface area contributed by atoms with Crippen molar-refractivity contribution in [2.75, 3.05) is 33.5 Å². The summed E-state index contributed by atoms with van der Waals surface area (Å²) < 4.78 is 4.87. The first kappa shape index (κ1) is 15.6. The van der Waals surface area contributed by atoms with Crippen molar-refractivity contribution in [1.82, 2.24) is 14.7 Å². The molecule has 4 amide bonds. The Balaban J connectivity index is 1.67. The van der Waals surface area contributed by atoms with E-state index in [0.717, 1.165) is 22.8 Å². The van der Waals surface area contributed by atoms with Gasteiger partial charge >= 0.3 is 17.8 Å². The van der Waals surface area contributed by atoms with Crippen molar-refractivity contribution >= 4 is 17.8 Å². The number of imide groups is 2. The molecule has 1 saturated heterocycles. The molecule has 0 unspecified atom stereocenters. The zero-order valence-corrected chi connectivity index (χ0v) is 13.0. The summed E-state index contributed by atoms with van der Waals surface area (Å²) in [6, 6.07) is 7.56. The van der Waals surface area contributed by atoms with E-state index in [1.165, 1.54) is 18.2 Å². The third kappa shape index (κ3) is 2.97. The maximum absolute atomic E-state index is 12.3. The van der Waals surface area contributed by atoms with Crippen molar-refractivity contribution < 1.29 is 19.1 Å². The van der Waals surface area contributed by atoms with Crippen LogP contribution in [0.25, 0.3) is 0 Å². The quantitative estimate of drug-likeness (QED) is 0.582. The molecule has 1 fully saturated rings. The number of carbonyl (C=O) groups is 3. The number of nitrogens with zero attached hydrogens (tertiary/aromatic N) is 3. The van der Waals surface area contributed by atoms with Gasteiger partial charge in [-0.25, -0.2) is 9.69 Å². The number of amides is 4. The maximum atomic E-state index is 12.3. The summed E-state index contributed by atoms with van der Waals surface area (Å²) in [5.74, 6) is -1.53. The molecule has 1 aromatic carbocycles. The lowest BCUT2D eigenvalue weighted by Gasteiger charge is -2.30. The lowest BCUT2D eigenvalue weighted by atomic mass is 10.0. The van der Waals surface area contributed by atoms with Crippen molar-refractivity contribution in [2.24, 2.45) is 0 Å². The highest BCUT2D eigenvalue weighted by Gasteiger charge is 2.44. The minimum absolute atomic E-state index is 0.0965. The summed E-state index contributed by atoms with van der Waals surface area (Å²) in [5.41, 5.74) is 2.49. The number of urea groups is 1. The Kier molecular flexibility index (Phi) is 4.40. The topological polar surface area (TPSA) is 70.2 Å². The van der Waals surface area contributed by atoms with Crippen molar-refractivity contribution in [3.8, 4) is 0 Å². The molecule has 0 aliphatic carbocycles. The first-order valence-corrected chi connectivity index (χ1v) is 7.57. The second-order valence-corrected chi connectivity index (χ2v) is 5.68. The molecule has 0 radical (unpaired) electrons. The van der Waals surface area contributed by atoms with Crippen molar-refractivity contribution in [1.29, 1.82) is 0 Å². The van der Waals surface area contributed by atoms with Gasteiger partial charge in [-0.1, -0.05) is 24.3 Å². The van der Waals surface area contributed by atoms with Crippen LogP contribution in [-0.4, -0.2) is 66.0 Å². The molecule has 2 aliphatic heterocycles. The Labute approximate surface area is 134 Å². The number of ether oxygens (including phenoxy) is 1. The predicted octanol–water partition coefficient (Wildman–Crippen LogP) is 0.439. The fourth-order valence-electron chi connectivity index (χ4n) is 2.93. The Morgan fingerprint density at radius 1 is 1.04 bits per heavy atom. The Morgan fingerprint density at radius 3 is 2.48 bits per heavy atom. The standard InChI is InChI=1S/C16H19N3O4/c1-23-9-8-18-14(20)15(21)19(16(18)22)11-17-7-6-12-4-2-3-5-13(12)10-17/h2-5H,6-11H2,1H3. The van der Waals surface area contributed by atoms with Gasteiger partial charge in [-0.15, -0.1) is 0 Å². The van der Waals surface area contributed by atoms with E-state index in [4.69, 9.17) is 4.74 Å². The second kappa shape index (κ2) is 6.47. The van der Waals surface area contributed by atoms with Gasteiger partial charge in [0.2, 0.25) is 0 Å². The minimum atomic E-state index is -0.774. The van der Waals surface area contributed by atoms with Crippen LogP contribution in [0.5, 0.6) is 0 Å². The van der Waals surface area contributed by atoms with Crippen LogP contribution in [0.4, 0.5) is 4.79 Å². The largest absolute Gasteiger partial charge is 0.383 e. The number of hydrogen-bond donors (Lipinski definition) is 0. The van der Waals surface area contributed by atoms with Crippen LogP contribution in [-0.2, 0) is 27.3 Å². The lowest BCUT2D eigenvalue weighted by molar-refractivity contribution is -0.144. The first-order chi connectivity index (χ1) is 11.1. The Hall–Kier alpha value is -2.25. The molecule has 2 aliphatic rings. The Bertz CT molecular complexity index is 646. The highest BCUT2D eigenvalue weighted by molar-refractivity contribution is 6.44. The normalized spacial score (nSPS) is 18.7. The summed E-state index contributed by atoms with van der Waals surface area (Å²) in [6.45, 7) is 1.87. The van der Waals surface area contributed by atoms with Crippen LogP contribution < -0.4 is 0 Å². The molecule has 122 valence electrons. The number of benzene rings is 1. The molecule has 2 heterocycles. The molecule has 0 atom stereocenters. The fraction of sp³-hybridized carbons (Fsp3) is 0.438. The van der Waals surface area contributed by atoms with E-state index in [9.17, 15) is 14.4 Å². The van der Waals surface area contributed by atoms with Crippen LogP contribution in [0.15, 0.2) is 24.3 Å². The fourth-order valence-corrected chi connectivity index (χ4v) is 2.93. The summed E-state index contributed by atoms with van der Waals surface area (Å²) in [6.07, 6.45) is 0.869. The minimum Gasteiger partial charge on any atom is -0.383 e. The molecule has 0 bridgehead atoms. The number of hydrogen-bond acceptors (Lipinski definition) is 5. The molecule has 1 aromatic rings. The molecule has 23 heavy (non-hydrogen) atoms. The van der Waals surface area contributed by atoms with Gasteiger partial charge in [0.25, 0.3) is 0 Å². The maximum Gasteiger partial charge on any atom is 0.335 e. The molecule has 3 rings (SSSR count). The van der Waals surface area contributed by atoms with Crippen molar-refractivity contribution in [3.63, 3.8) is 0 Å². The number of rotatable bonds is 5. The van der Waals surface area contributed by atoms with E-state index in [0.29, 0.717) is 6.54 Å². The van der Waals surface area contributed by atoms with E-state index >= 15 is 0 Å². The average Bonchev–Trinajstić information content (AvgIpc) is 2.77. The van der Waals surface area contributed by atoms with Gasteiger partial charge in [0.05, 0.1) is 19.8 Å². The van der Waals surface area contributed by atoms with Gasteiger partial charge in [-0.2, -0.15) is 0 Å². The molecule has 0 spiro atoms. The Morgan fingerprint density at radius 2 is 1.74 bits per heavy atom. The predicted molar refractivity (Wildman–Crippen MR) is 81.3 cm³/mol. The van der Waals surface area contributed by atoms with Crippen molar-refractivity contribution in [2.45, 2.75) is 13.0 Å². The van der Waals surface area contributed by atoms with E-state index < -0.39 is 17.8 Å². The number of carbonyl (C=O) groups excluding carboxylic acids is 3. The van der Waals surface area contributed by atoms with E-state index in [1.807, 2.05) is 23.1 Å². The number of methoxy groups -OCH3 is 1. The highest BCUT2D eigenvalue weighted by Crippen LogP contribution is 2.20. The molecular weight excluding hydrogens is 298 g/mol. The first-order valence-electron chi connectivity index (χ1n) is 7.57. The van der Waals surface area contributed by atoms with Crippen LogP contribution >= 0.6 is 0 Å². The average molecular weight is 317 g/mol. The molecule has 0 N–H and O–H groups in total. The lowest BCUT2D eigenvalue weighted by Crippen LogP contribution is -2.44. The van der Waals surface area contributed by atoms with Gasteiger partial charge < -0.3 is 4.74 Å². The van der Waals surface area contributed by atoms with Gasteiger partial charge in [0.1, 0.15) is 0 Å². The molecule has 0 saturated carbocycles. The molecule has 7 nitrogen and oxygen atoms in total. The van der Waals surface area contributed by atoms with E-state index in [-0.39, 0.29) is 19.8 Å². The summed E-state index contributed by atoms with van der Waals surface area (Å²) in [4.78, 5) is 40.2. The monoisotopic (exact) mass is 317 g/mol. The third-order valence-corrected chi connectivity index (χ3v) is 4.21. The van der Waals surface area contributed by atoms with Crippen LogP contribution in [0.1, 0.15) is 11.1 Å². The second-order valence-electron chi connectivity index (χ2n) is 5.68. The van der Waals surface area contributed by atoms with Crippen LogP contribution in [0.2, 0.25) is 0 Å². The zero-order chi connectivity index (χ0) is 16.4. The van der Waals surface area contributed by atoms with E-state index in [2.05, 4.69) is 6.07 Å². The number of fused-ring (bicyclic) bond motifs is 1. The zero-order valence-electron chi connectivity index (χ0n) is 13.0. The van der Waals surface area contributed by atoms with Gasteiger partial charge in [0, 0.05) is 20.2 Å². The SMILES string of the molecule is COCCN1C(=O)C(=O)N(CN2CCc3ccccc3C2)C1=O.